The molecule has 16 heavy (non-hydrogen) atoms. The molecule has 1 unspecified atom stereocenters. The number of hydrogen-bond donors (Lipinski definition) is 1. The third-order valence-electron chi connectivity index (χ3n) is 2.80. The average molecular weight is 218 g/mol. The highest BCUT2D eigenvalue weighted by Gasteiger charge is 2.02. The molecule has 0 saturated heterocycles. The van der Waals surface area contributed by atoms with Crippen molar-refractivity contribution in [2.75, 3.05) is 0 Å². The minimum Gasteiger partial charge on any atom is -0.310 e. The van der Waals surface area contributed by atoms with Crippen LogP contribution in [-0.2, 0) is 6.54 Å². The summed E-state index contributed by atoms with van der Waals surface area (Å²) in [7, 11) is 0. The lowest BCUT2D eigenvalue weighted by atomic mass is 10.1. The zero-order valence-electron chi connectivity index (χ0n) is 10.4. The van der Waals surface area contributed by atoms with Crippen LogP contribution in [0.5, 0.6) is 0 Å². The molecule has 0 aliphatic rings. The maximum atomic E-state index is 4.28. The molecule has 0 amide bonds. The normalized spacial score (nSPS) is 12.4. The van der Waals surface area contributed by atoms with Gasteiger partial charge in [0.15, 0.2) is 0 Å². The van der Waals surface area contributed by atoms with Crippen LogP contribution >= 0.6 is 0 Å². The van der Waals surface area contributed by atoms with E-state index in [1.165, 1.54) is 18.4 Å². The van der Waals surface area contributed by atoms with Crippen LogP contribution in [0.25, 0.3) is 0 Å². The van der Waals surface area contributed by atoms with Gasteiger partial charge in [-0.05, 0) is 44.7 Å². The predicted octanol–water partition coefficient (Wildman–Crippen LogP) is 3.22. The van der Waals surface area contributed by atoms with Crippen molar-refractivity contribution in [1.82, 2.24) is 10.3 Å². The van der Waals surface area contributed by atoms with E-state index >= 15 is 0 Å². The number of nitrogens with one attached hydrogen (secondary N) is 1. The van der Waals surface area contributed by atoms with Gasteiger partial charge in [0.1, 0.15) is 0 Å². The Bertz CT molecular complexity index is 320. The van der Waals surface area contributed by atoms with Gasteiger partial charge in [-0.15, -0.1) is 6.58 Å². The number of allylic oxidation sites excluding steroid dienone is 1. The second-order valence-corrected chi connectivity index (χ2v) is 4.25. The maximum absolute atomic E-state index is 4.28. The predicted molar refractivity (Wildman–Crippen MR) is 69.3 cm³/mol. The Balaban J connectivity index is 2.28. The third-order valence-corrected chi connectivity index (χ3v) is 2.80. The van der Waals surface area contributed by atoms with Crippen LogP contribution in [0.2, 0.25) is 0 Å². The van der Waals surface area contributed by atoms with Crippen molar-refractivity contribution in [1.29, 1.82) is 0 Å². The van der Waals surface area contributed by atoms with E-state index in [-0.39, 0.29) is 0 Å². The Morgan fingerprint density at radius 3 is 3.06 bits per heavy atom. The van der Waals surface area contributed by atoms with Crippen molar-refractivity contribution < 1.29 is 0 Å². The van der Waals surface area contributed by atoms with Crippen molar-refractivity contribution >= 4 is 0 Å². The molecular formula is C14H22N2. The fourth-order valence-corrected chi connectivity index (χ4v) is 1.66. The van der Waals surface area contributed by atoms with Gasteiger partial charge in [0.05, 0.1) is 0 Å². The quantitative estimate of drug-likeness (QED) is 0.561. The monoisotopic (exact) mass is 218 g/mol. The van der Waals surface area contributed by atoms with E-state index in [9.17, 15) is 0 Å². The molecule has 0 saturated carbocycles. The molecule has 2 heteroatoms. The van der Waals surface area contributed by atoms with E-state index in [0.717, 1.165) is 18.7 Å². The van der Waals surface area contributed by atoms with Crippen LogP contribution in [0.1, 0.15) is 37.4 Å². The highest BCUT2D eigenvalue weighted by Crippen LogP contribution is 2.05. The standard InChI is InChI=1S/C14H22N2/c1-4-5-6-8-12(2)16-11-14-9-7-10-15-13(14)3/h4,7,9-10,12,16H,1,5-6,8,11H2,2-3H3. The molecular weight excluding hydrogens is 196 g/mol. The molecule has 0 aromatic carbocycles. The fourth-order valence-electron chi connectivity index (χ4n) is 1.66. The van der Waals surface area contributed by atoms with Gasteiger partial charge in [0.2, 0.25) is 0 Å². The molecule has 0 aliphatic heterocycles. The highest BCUT2D eigenvalue weighted by molar-refractivity contribution is 5.17. The summed E-state index contributed by atoms with van der Waals surface area (Å²) in [5.41, 5.74) is 2.41. The molecule has 0 bridgehead atoms. The number of unbranched alkanes of at least 4 members (excludes halogenated alkanes) is 1. The lowest BCUT2D eigenvalue weighted by Crippen LogP contribution is -2.25. The number of nitrogens with zero attached hydrogens (tertiary/aromatic N) is 1. The molecule has 0 spiro atoms. The first-order valence-electron chi connectivity index (χ1n) is 5.99. The van der Waals surface area contributed by atoms with Crippen molar-refractivity contribution in [2.24, 2.45) is 0 Å². The van der Waals surface area contributed by atoms with E-state index in [1.807, 2.05) is 18.3 Å². The van der Waals surface area contributed by atoms with Gasteiger partial charge < -0.3 is 5.32 Å². The zero-order chi connectivity index (χ0) is 11.8. The molecule has 88 valence electrons. The summed E-state index contributed by atoms with van der Waals surface area (Å²) < 4.78 is 0. The first-order chi connectivity index (χ1) is 7.74. The van der Waals surface area contributed by atoms with Crippen molar-refractivity contribution in [2.45, 2.75) is 45.7 Å². The van der Waals surface area contributed by atoms with Gasteiger partial charge in [0, 0.05) is 24.5 Å². The van der Waals surface area contributed by atoms with Gasteiger partial charge >= 0.3 is 0 Å². The number of hydrogen-bond acceptors (Lipinski definition) is 2. The molecule has 1 N–H and O–H groups in total. The van der Waals surface area contributed by atoms with Gasteiger partial charge in [-0.2, -0.15) is 0 Å². The van der Waals surface area contributed by atoms with Crippen LogP contribution in [0, 0.1) is 6.92 Å². The smallest absolute Gasteiger partial charge is 0.0417 e. The second kappa shape index (κ2) is 7.18. The summed E-state index contributed by atoms with van der Waals surface area (Å²) in [6.07, 6.45) is 7.34. The topological polar surface area (TPSA) is 24.9 Å². The Labute approximate surface area is 98.8 Å². The number of aryl methyl sites for hydroxylation is 1. The molecule has 1 aromatic rings. The molecule has 1 heterocycles. The number of aromatic nitrogens is 1. The minimum atomic E-state index is 0.555. The van der Waals surface area contributed by atoms with Gasteiger partial charge in [-0.1, -0.05) is 12.1 Å². The van der Waals surface area contributed by atoms with Crippen molar-refractivity contribution in [3.05, 3.63) is 42.2 Å². The molecule has 2 nitrogen and oxygen atoms in total. The summed E-state index contributed by atoms with van der Waals surface area (Å²) in [6, 6.07) is 4.68. The second-order valence-electron chi connectivity index (χ2n) is 4.25. The Morgan fingerprint density at radius 2 is 2.38 bits per heavy atom. The number of pyridine rings is 1. The largest absolute Gasteiger partial charge is 0.310 e. The van der Waals surface area contributed by atoms with Gasteiger partial charge in [0.25, 0.3) is 0 Å². The van der Waals surface area contributed by atoms with E-state index in [1.54, 1.807) is 0 Å². The summed E-state index contributed by atoms with van der Waals surface area (Å²) in [6.45, 7) is 8.93. The van der Waals surface area contributed by atoms with Crippen molar-refractivity contribution in [3.63, 3.8) is 0 Å². The summed E-state index contributed by atoms with van der Waals surface area (Å²) in [5.74, 6) is 0. The minimum absolute atomic E-state index is 0.555. The van der Waals surface area contributed by atoms with Crippen LogP contribution in [-0.4, -0.2) is 11.0 Å². The summed E-state index contributed by atoms with van der Waals surface area (Å²) >= 11 is 0. The van der Waals surface area contributed by atoms with Crippen LogP contribution in [0.15, 0.2) is 31.0 Å². The molecule has 0 fully saturated rings. The first-order valence-corrected chi connectivity index (χ1v) is 5.99. The Hall–Kier alpha value is -1.15. The zero-order valence-corrected chi connectivity index (χ0v) is 10.4. The molecule has 0 aliphatic carbocycles. The highest BCUT2D eigenvalue weighted by atomic mass is 14.9. The lowest BCUT2D eigenvalue weighted by Gasteiger charge is -2.14. The van der Waals surface area contributed by atoms with Gasteiger partial charge in [-0.3, -0.25) is 4.98 Å². The van der Waals surface area contributed by atoms with E-state index in [2.05, 4.69) is 36.8 Å². The molecule has 1 rings (SSSR count). The van der Waals surface area contributed by atoms with E-state index in [0.29, 0.717) is 6.04 Å². The Kier molecular flexibility index (Phi) is 5.79. The van der Waals surface area contributed by atoms with E-state index in [4.69, 9.17) is 0 Å². The fraction of sp³-hybridized carbons (Fsp3) is 0.500. The van der Waals surface area contributed by atoms with Crippen LogP contribution < -0.4 is 5.32 Å². The summed E-state index contributed by atoms with van der Waals surface area (Å²) in [4.78, 5) is 4.28. The molecule has 0 radical (unpaired) electrons. The van der Waals surface area contributed by atoms with Crippen LogP contribution in [0.3, 0.4) is 0 Å². The van der Waals surface area contributed by atoms with Gasteiger partial charge in [-0.25, -0.2) is 0 Å². The summed E-state index contributed by atoms with van der Waals surface area (Å²) in [5, 5.41) is 3.52. The lowest BCUT2D eigenvalue weighted by molar-refractivity contribution is 0.499. The SMILES string of the molecule is C=CCCCC(C)NCc1cccnc1C. The maximum Gasteiger partial charge on any atom is 0.0417 e. The molecule has 1 atom stereocenters. The third kappa shape index (κ3) is 4.58. The van der Waals surface area contributed by atoms with Crippen molar-refractivity contribution in [3.8, 4) is 0 Å². The molecule has 1 aromatic heterocycles. The average Bonchev–Trinajstić information content (AvgIpc) is 2.28. The Morgan fingerprint density at radius 1 is 1.56 bits per heavy atom. The van der Waals surface area contributed by atoms with E-state index < -0.39 is 0 Å². The first kappa shape index (κ1) is 12.9. The number of rotatable bonds is 7. The van der Waals surface area contributed by atoms with Crippen LogP contribution in [0.4, 0.5) is 0 Å².